The Labute approximate surface area is 206 Å². The molecule has 0 fully saturated rings. The first-order valence-corrected chi connectivity index (χ1v) is 11.6. The van der Waals surface area contributed by atoms with Crippen LogP contribution in [0.2, 0.25) is 0 Å². The highest BCUT2D eigenvalue weighted by Crippen LogP contribution is 2.24. The first kappa shape index (κ1) is 33.0. The molecule has 0 aliphatic rings. The smallest absolute Gasteiger partial charge is 0.126 e. The van der Waals surface area contributed by atoms with E-state index in [1.165, 1.54) is 12.1 Å². The summed E-state index contributed by atoms with van der Waals surface area (Å²) in [5.41, 5.74) is 9.07. The lowest BCUT2D eigenvalue weighted by Crippen LogP contribution is -2.11. The average Bonchev–Trinajstić information content (AvgIpc) is 2.87. The molecule has 0 aliphatic heterocycles. The van der Waals surface area contributed by atoms with Crippen LogP contribution < -0.4 is 5.73 Å². The fraction of sp³-hybridized carbons (Fsp3) is 0.290. The molecular weight excluding hydrogens is 424 g/mol. The molecule has 184 valence electrons. The third-order valence-corrected chi connectivity index (χ3v) is 4.61. The van der Waals surface area contributed by atoms with Gasteiger partial charge in [-0.05, 0) is 49.1 Å². The molecule has 3 heteroatoms. The summed E-state index contributed by atoms with van der Waals surface area (Å²) >= 11 is 0. The number of halogens is 2. The Bertz CT molecular complexity index is 872. The summed E-state index contributed by atoms with van der Waals surface area (Å²) in [5.74, 6) is -0.892. The van der Waals surface area contributed by atoms with Crippen molar-refractivity contribution in [1.29, 1.82) is 0 Å². The van der Waals surface area contributed by atoms with Crippen molar-refractivity contribution in [1.82, 2.24) is 0 Å². The topological polar surface area (TPSA) is 26.0 Å². The zero-order chi connectivity index (χ0) is 26.4. The SMILES string of the molecule is C#C.C/C=C\[C@H](CCC)c1cc(F)cc(F)c1.C=C/C=C\C(=C/C)C(N)c1ccccc1.CC. The van der Waals surface area contributed by atoms with E-state index >= 15 is 0 Å². The maximum atomic E-state index is 13.0. The van der Waals surface area contributed by atoms with Gasteiger partial charge in [-0.3, -0.25) is 0 Å². The van der Waals surface area contributed by atoms with E-state index in [0.717, 1.165) is 30.0 Å². The van der Waals surface area contributed by atoms with Crippen LogP contribution in [-0.2, 0) is 0 Å². The van der Waals surface area contributed by atoms with E-state index < -0.39 is 11.6 Å². The third kappa shape index (κ3) is 13.4. The number of benzene rings is 2. The van der Waals surface area contributed by atoms with Gasteiger partial charge in [-0.2, -0.15) is 0 Å². The molecule has 0 saturated carbocycles. The number of terminal acetylenes is 1. The van der Waals surface area contributed by atoms with Crippen molar-refractivity contribution in [2.75, 3.05) is 0 Å². The largest absolute Gasteiger partial charge is 0.320 e. The lowest BCUT2D eigenvalue weighted by atomic mass is 9.94. The second-order valence-corrected chi connectivity index (χ2v) is 6.90. The first-order chi connectivity index (χ1) is 16.5. The minimum Gasteiger partial charge on any atom is -0.320 e. The van der Waals surface area contributed by atoms with Crippen LogP contribution in [0.15, 0.2) is 97.1 Å². The van der Waals surface area contributed by atoms with E-state index in [4.69, 9.17) is 5.73 Å². The van der Waals surface area contributed by atoms with E-state index in [1.807, 2.05) is 88.4 Å². The second-order valence-electron chi connectivity index (χ2n) is 6.90. The lowest BCUT2D eigenvalue weighted by Gasteiger charge is -2.12. The second kappa shape index (κ2) is 21.6. The van der Waals surface area contributed by atoms with Gasteiger partial charge in [0.2, 0.25) is 0 Å². The van der Waals surface area contributed by atoms with Crippen LogP contribution in [0.3, 0.4) is 0 Å². The van der Waals surface area contributed by atoms with Gasteiger partial charge in [0, 0.05) is 12.0 Å². The number of hydrogen-bond acceptors (Lipinski definition) is 1. The predicted molar refractivity (Wildman–Crippen MR) is 147 cm³/mol. The molecule has 1 unspecified atom stereocenters. The Balaban J connectivity index is 0. The van der Waals surface area contributed by atoms with E-state index in [0.29, 0.717) is 5.56 Å². The monoisotopic (exact) mass is 465 g/mol. The van der Waals surface area contributed by atoms with Crippen LogP contribution in [-0.4, -0.2) is 0 Å². The van der Waals surface area contributed by atoms with E-state index in [2.05, 4.69) is 26.3 Å². The zero-order valence-electron chi connectivity index (χ0n) is 21.3. The van der Waals surface area contributed by atoms with Crippen LogP contribution in [0.5, 0.6) is 0 Å². The van der Waals surface area contributed by atoms with Crippen molar-refractivity contribution < 1.29 is 8.78 Å². The Morgan fingerprint density at radius 2 is 1.56 bits per heavy atom. The highest BCUT2D eigenvalue weighted by atomic mass is 19.1. The molecule has 0 amide bonds. The van der Waals surface area contributed by atoms with Gasteiger partial charge in [0.25, 0.3) is 0 Å². The van der Waals surface area contributed by atoms with Gasteiger partial charge >= 0.3 is 0 Å². The highest BCUT2D eigenvalue weighted by Gasteiger charge is 2.09. The summed E-state index contributed by atoms with van der Waals surface area (Å²) in [7, 11) is 0. The van der Waals surface area contributed by atoms with Crippen LogP contribution in [0, 0.1) is 24.5 Å². The van der Waals surface area contributed by atoms with Crippen LogP contribution in [0.4, 0.5) is 8.78 Å². The van der Waals surface area contributed by atoms with Gasteiger partial charge in [0.1, 0.15) is 11.6 Å². The molecule has 2 N–H and O–H groups in total. The summed E-state index contributed by atoms with van der Waals surface area (Å²) in [5, 5.41) is 0. The Morgan fingerprint density at radius 3 is 2.00 bits per heavy atom. The zero-order valence-corrected chi connectivity index (χ0v) is 21.3. The van der Waals surface area contributed by atoms with E-state index in [-0.39, 0.29) is 12.0 Å². The van der Waals surface area contributed by atoms with Gasteiger partial charge in [-0.25, -0.2) is 8.78 Å². The number of nitrogens with two attached hydrogens (primary N) is 1. The molecule has 0 spiro atoms. The van der Waals surface area contributed by atoms with Crippen molar-refractivity contribution in [2.45, 2.75) is 59.4 Å². The summed E-state index contributed by atoms with van der Waals surface area (Å²) in [6.45, 7) is 13.6. The molecule has 2 aromatic carbocycles. The normalized spacial score (nSPS) is 12.4. The lowest BCUT2D eigenvalue weighted by molar-refractivity contribution is 0.574. The Kier molecular flexibility index (Phi) is 21.0. The molecule has 0 bridgehead atoms. The van der Waals surface area contributed by atoms with Crippen molar-refractivity contribution in [3.63, 3.8) is 0 Å². The molecule has 2 atom stereocenters. The summed E-state index contributed by atoms with van der Waals surface area (Å²) < 4.78 is 26.0. The standard InChI is InChI=1S/C14H17N.C13H16F2.C2H6.C2H2/c1-3-5-9-12(4-2)14(15)13-10-7-6-8-11-13;1-3-5-10(6-4-2)11-7-12(14)9-13(15)8-11;2*1-2/h3-11,14H,1,15H2,2H3;3,5,7-10H,4,6H2,1-2H3;1-2H3;1-2H/b9-5-,12-4+;5-3-;;/t;10-;;/m.1../s1. The molecule has 0 radical (unpaired) electrons. The summed E-state index contributed by atoms with van der Waals surface area (Å²) in [4.78, 5) is 0. The molecule has 0 aliphatic carbocycles. The first-order valence-electron chi connectivity index (χ1n) is 11.6. The maximum absolute atomic E-state index is 13.0. The number of rotatable bonds is 8. The minimum atomic E-state index is -0.504. The van der Waals surface area contributed by atoms with Gasteiger partial charge in [0.05, 0.1) is 6.04 Å². The van der Waals surface area contributed by atoms with Gasteiger partial charge < -0.3 is 5.73 Å². The van der Waals surface area contributed by atoms with Crippen molar-refractivity contribution in [3.05, 3.63) is 120 Å². The quantitative estimate of drug-likeness (QED) is 0.235. The van der Waals surface area contributed by atoms with E-state index in [1.54, 1.807) is 6.08 Å². The Morgan fingerprint density at radius 1 is 1.00 bits per heavy atom. The number of allylic oxidation sites excluding steroid dienone is 5. The summed E-state index contributed by atoms with van der Waals surface area (Å²) in [6, 6.07) is 13.7. The van der Waals surface area contributed by atoms with Crippen molar-refractivity contribution >= 4 is 0 Å². The van der Waals surface area contributed by atoms with Crippen LogP contribution >= 0.6 is 0 Å². The fourth-order valence-electron chi connectivity index (χ4n) is 3.12. The molecule has 0 aromatic heterocycles. The highest BCUT2D eigenvalue weighted by molar-refractivity contribution is 5.34. The van der Waals surface area contributed by atoms with E-state index in [9.17, 15) is 8.78 Å². The molecule has 0 heterocycles. The predicted octanol–water partition coefficient (Wildman–Crippen LogP) is 9.08. The van der Waals surface area contributed by atoms with Crippen LogP contribution in [0.1, 0.15) is 70.5 Å². The van der Waals surface area contributed by atoms with Crippen molar-refractivity contribution in [2.24, 2.45) is 5.73 Å². The molecule has 1 nitrogen and oxygen atoms in total. The fourth-order valence-corrected chi connectivity index (χ4v) is 3.12. The molecular formula is C31H41F2N. The molecule has 34 heavy (non-hydrogen) atoms. The van der Waals surface area contributed by atoms with Crippen molar-refractivity contribution in [3.8, 4) is 12.8 Å². The maximum Gasteiger partial charge on any atom is 0.126 e. The van der Waals surface area contributed by atoms with Crippen LogP contribution in [0.25, 0.3) is 0 Å². The minimum absolute atomic E-state index is 0.0626. The summed E-state index contributed by atoms with van der Waals surface area (Å²) in [6.07, 6.45) is 21.5. The number of hydrogen-bond donors (Lipinski definition) is 1. The average molecular weight is 466 g/mol. The van der Waals surface area contributed by atoms with Gasteiger partial charge in [0.15, 0.2) is 0 Å². The van der Waals surface area contributed by atoms with Gasteiger partial charge in [-0.1, -0.05) is 101 Å². The van der Waals surface area contributed by atoms with Gasteiger partial charge in [-0.15, -0.1) is 12.8 Å². The molecule has 2 rings (SSSR count). The molecule has 2 aromatic rings. The molecule has 0 saturated heterocycles. The third-order valence-electron chi connectivity index (χ3n) is 4.61. The Hall–Kier alpha value is -3.22.